The Morgan fingerprint density at radius 3 is 2.73 bits per heavy atom. The van der Waals surface area contributed by atoms with Gasteiger partial charge in [0.15, 0.2) is 5.75 Å². The lowest BCUT2D eigenvalue weighted by Crippen LogP contribution is -2.08. The molecule has 0 spiro atoms. The van der Waals surface area contributed by atoms with Crippen LogP contribution in [-0.4, -0.2) is 16.7 Å². The number of hydrogen-bond acceptors (Lipinski definition) is 2. The van der Waals surface area contributed by atoms with Crippen molar-refractivity contribution in [2.24, 2.45) is 12.0 Å². The molecule has 0 aliphatic heterocycles. The van der Waals surface area contributed by atoms with E-state index in [4.69, 9.17) is 0 Å². The van der Waals surface area contributed by atoms with Gasteiger partial charge in [0.25, 0.3) is 0 Å². The minimum absolute atomic E-state index is 0.262. The molecule has 0 bridgehead atoms. The van der Waals surface area contributed by atoms with Gasteiger partial charge in [0.1, 0.15) is 5.36 Å². The van der Waals surface area contributed by atoms with Crippen LogP contribution >= 0.6 is 0 Å². The highest BCUT2D eigenvalue weighted by molar-refractivity contribution is 5.24. The van der Waals surface area contributed by atoms with Crippen molar-refractivity contribution in [1.82, 2.24) is 4.57 Å². The van der Waals surface area contributed by atoms with Gasteiger partial charge in [-0.05, 0) is 13.0 Å². The van der Waals surface area contributed by atoms with Crippen molar-refractivity contribution in [2.45, 2.75) is 6.92 Å². The first kappa shape index (κ1) is 7.85. The molecule has 11 heavy (non-hydrogen) atoms. The summed E-state index contributed by atoms with van der Waals surface area (Å²) in [5.41, 5.74) is 0.827. The van der Waals surface area contributed by atoms with E-state index in [-0.39, 0.29) is 5.75 Å². The highest BCUT2D eigenvalue weighted by atomic mass is 16.3. The largest absolute Gasteiger partial charge is 0.504 e. The van der Waals surface area contributed by atoms with Gasteiger partial charge in [0, 0.05) is 20.3 Å². The summed E-state index contributed by atoms with van der Waals surface area (Å²) in [6.07, 6.45) is 1.87. The summed E-state index contributed by atoms with van der Waals surface area (Å²) < 4.78 is 1.85. The molecule has 1 heterocycles. The predicted molar refractivity (Wildman–Crippen MR) is 43.3 cm³/mol. The molecule has 0 aliphatic carbocycles. The van der Waals surface area contributed by atoms with Crippen LogP contribution in [0.3, 0.4) is 0 Å². The van der Waals surface area contributed by atoms with Gasteiger partial charge in [-0.2, -0.15) is 0 Å². The van der Waals surface area contributed by atoms with Crippen LogP contribution in [0.1, 0.15) is 5.69 Å². The summed E-state index contributed by atoms with van der Waals surface area (Å²) in [6, 6.07) is 1.78. The number of nitrogens with zero attached hydrogens (tertiary/aromatic N) is 2. The van der Waals surface area contributed by atoms with Gasteiger partial charge in [-0.1, -0.05) is 0 Å². The lowest BCUT2D eigenvalue weighted by molar-refractivity contribution is 0.455. The molecular weight excluding hydrogens is 140 g/mol. The number of aromatic hydroxyl groups is 1. The average molecular weight is 152 g/mol. The van der Waals surface area contributed by atoms with Crippen LogP contribution in [-0.2, 0) is 7.05 Å². The quantitative estimate of drug-likeness (QED) is 0.579. The standard InChI is InChI=1S/C8H12N2O/c1-6-8(11)7(9-2)4-5-10(6)3/h4-5,11H,1-3H3. The number of hydrogen-bond donors (Lipinski definition) is 1. The van der Waals surface area contributed by atoms with Gasteiger partial charge < -0.3 is 9.67 Å². The van der Waals surface area contributed by atoms with Crippen LogP contribution in [0.4, 0.5) is 0 Å². The molecule has 60 valence electrons. The minimum atomic E-state index is 0.262. The summed E-state index contributed by atoms with van der Waals surface area (Å²) in [6.45, 7) is 1.85. The Morgan fingerprint density at radius 1 is 1.55 bits per heavy atom. The van der Waals surface area contributed by atoms with E-state index in [1.165, 1.54) is 0 Å². The highest BCUT2D eigenvalue weighted by Gasteiger charge is 1.98. The number of rotatable bonds is 0. The molecule has 0 fully saturated rings. The summed E-state index contributed by atoms with van der Waals surface area (Å²) in [4.78, 5) is 3.91. The third-order valence-corrected chi connectivity index (χ3v) is 1.81. The summed E-state index contributed by atoms with van der Waals surface area (Å²) in [5, 5.41) is 10.1. The van der Waals surface area contributed by atoms with Gasteiger partial charge in [-0.15, -0.1) is 0 Å². The second-order valence-electron chi connectivity index (χ2n) is 2.47. The first-order valence-corrected chi connectivity index (χ1v) is 3.45. The predicted octanol–water partition coefficient (Wildman–Crippen LogP) is 0.570. The first-order chi connectivity index (χ1) is 5.16. The van der Waals surface area contributed by atoms with Crippen LogP contribution < -0.4 is 5.36 Å². The van der Waals surface area contributed by atoms with E-state index in [2.05, 4.69) is 4.99 Å². The average Bonchev–Trinajstić information content (AvgIpc) is 2.01. The zero-order valence-corrected chi connectivity index (χ0v) is 7.00. The van der Waals surface area contributed by atoms with E-state index in [0.29, 0.717) is 5.36 Å². The summed E-state index contributed by atoms with van der Waals surface area (Å²) in [5.74, 6) is 0.262. The summed E-state index contributed by atoms with van der Waals surface area (Å²) >= 11 is 0. The van der Waals surface area contributed by atoms with Crippen LogP contribution in [0.25, 0.3) is 0 Å². The molecule has 1 aromatic heterocycles. The Labute approximate surface area is 65.6 Å². The van der Waals surface area contributed by atoms with Gasteiger partial charge in [-0.3, -0.25) is 4.99 Å². The lowest BCUT2D eigenvalue weighted by Gasteiger charge is -2.05. The van der Waals surface area contributed by atoms with Crippen molar-refractivity contribution in [3.8, 4) is 5.75 Å². The van der Waals surface area contributed by atoms with Crippen molar-refractivity contribution < 1.29 is 5.11 Å². The molecule has 0 saturated heterocycles. The zero-order valence-electron chi connectivity index (χ0n) is 7.00. The smallest absolute Gasteiger partial charge is 0.160 e. The van der Waals surface area contributed by atoms with Crippen LogP contribution in [0.2, 0.25) is 0 Å². The molecule has 0 atom stereocenters. The maximum Gasteiger partial charge on any atom is 0.160 e. The van der Waals surface area contributed by atoms with Gasteiger partial charge >= 0.3 is 0 Å². The molecule has 0 saturated carbocycles. The van der Waals surface area contributed by atoms with Crippen LogP contribution in [0.15, 0.2) is 17.3 Å². The first-order valence-electron chi connectivity index (χ1n) is 3.45. The van der Waals surface area contributed by atoms with E-state index in [1.807, 2.05) is 24.7 Å². The van der Waals surface area contributed by atoms with E-state index < -0.39 is 0 Å². The highest BCUT2D eigenvalue weighted by Crippen LogP contribution is 2.06. The minimum Gasteiger partial charge on any atom is -0.504 e. The Kier molecular flexibility index (Phi) is 1.98. The Hall–Kier alpha value is -1.25. The van der Waals surface area contributed by atoms with Crippen molar-refractivity contribution in [2.75, 3.05) is 7.05 Å². The van der Waals surface area contributed by atoms with Crippen molar-refractivity contribution in [1.29, 1.82) is 0 Å². The van der Waals surface area contributed by atoms with E-state index in [1.54, 1.807) is 13.1 Å². The van der Waals surface area contributed by atoms with E-state index >= 15 is 0 Å². The molecule has 0 aliphatic rings. The third-order valence-electron chi connectivity index (χ3n) is 1.81. The van der Waals surface area contributed by atoms with E-state index in [9.17, 15) is 5.11 Å². The fraction of sp³-hybridized carbons (Fsp3) is 0.375. The summed E-state index contributed by atoms with van der Waals surface area (Å²) in [7, 11) is 3.54. The number of aryl methyl sites for hydroxylation is 1. The van der Waals surface area contributed by atoms with Gasteiger partial charge in [0.2, 0.25) is 0 Å². The lowest BCUT2D eigenvalue weighted by atomic mass is 10.3. The fourth-order valence-electron chi connectivity index (χ4n) is 0.906. The molecule has 1 N–H and O–H groups in total. The second-order valence-corrected chi connectivity index (χ2v) is 2.47. The fourth-order valence-corrected chi connectivity index (χ4v) is 0.906. The topological polar surface area (TPSA) is 37.5 Å². The maximum atomic E-state index is 9.46. The van der Waals surface area contributed by atoms with Crippen molar-refractivity contribution in [3.05, 3.63) is 23.3 Å². The number of pyridine rings is 1. The second kappa shape index (κ2) is 2.78. The van der Waals surface area contributed by atoms with Crippen LogP contribution in [0.5, 0.6) is 5.75 Å². The molecule has 1 rings (SSSR count). The molecule has 1 aromatic rings. The molecule has 0 radical (unpaired) electrons. The SMILES string of the molecule is CN=c1ccn(C)c(C)c1O. The Bertz CT molecular complexity index is 325. The van der Waals surface area contributed by atoms with Crippen molar-refractivity contribution in [3.63, 3.8) is 0 Å². The van der Waals surface area contributed by atoms with E-state index in [0.717, 1.165) is 5.69 Å². The third kappa shape index (κ3) is 1.27. The maximum absolute atomic E-state index is 9.46. The molecular formula is C8H12N2O. The normalized spacial score (nSPS) is 12.1. The Morgan fingerprint density at radius 2 is 2.18 bits per heavy atom. The molecule has 0 amide bonds. The number of aromatic nitrogens is 1. The molecule has 0 aromatic carbocycles. The monoisotopic (exact) mass is 152 g/mol. The zero-order chi connectivity index (χ0) is 8.43. The molecule has 0 unspecified atom stereocenters. The van der Waals surface area contributed by atoms with Crippen molar-refractivity contribution >= 4 is 0 Å². The van der Waals surface area contributed by atoms with Gasteiger partial charge in [0.05, 0.1) is 5.69 Å². The molecule has 3 nitrogen and oxygen atoms in total. The molecule has 3 heteroatoms. The Balaban J connectivity index is 3.50. The van der Waals surface area contributed by atoms with Crippen LogP contribution in [0, 0.1) is 6.92 Å². The van der Waals surface area contributed by atoms with Gasteiger partial charge in [-0.25, -0.2) is 0 Å².